The summed E-state index contributed by atoms with van der Waals surface area (Å²) < 4.78 is 5.47. The highest BCUT2D eigenvalue weighted by Gasteiger charge is 2.47. The van der Waals surface area contributed by atoms with Gasteiger partial charge in [0.2, 0.25) is 5.91 Å². The van der Waals surface area contributed by atoms with Crippen LogP contribution in [-0.4, -0.2) is 60.1 Å². The SMILES string of the molecule is Cc1nc(CN2C[C@]3(CCN(CC4CCOCC4)C3)CC2=O)cs1. The predicted octanol–water partition coefficient (Wildman–Crippen LogP) is 2.30. The highest BCUT2D eigenvalue weighted by Crippen LogP contribution is 2.41. The van der Waals surface area contributed by atoms with Crippen LogP contribution in [0.25, 0.3) is 0 Å². The van der Waals surface area contributed by atoms with Gasteiger partial charge >= 0.3 is 0 Å². The number of carbonyl (C=O) groups excluding carboxylic acids is 1. The molecular formula is C18H27N3O2S. The molecule has 0 aromatic carbocycles. The van der Waals surface area contributed by atoms with Crippen LogP contribution in [0, 0.1) is 18.3 Å². The summed E-state index contributed by atoms with van der Waals surface area (Å²) in [6, 6.07) is 0. The van der Waals surface area contributed by atoms with Crippen LogP contribution in [0.5, 0.6) is 0 Å². The van der Waals surface area contributed by atoms with Gasteiger partial charge in [-0.3, -0.25) is 4.79 Å². The van der Waals surface area contributed by atoms with Crippen molar-refractivity contribution in [1.29, 1.82) is 0 Å². The Hall–Kier alpha value is -0.980. The van der Waals surface area contributed by atoms with Gasteiger partial charge in [0, 0.05) is 50.1 Å². The minimum atomic E-state index is 0.188. The molecular weight excluding hydrogens is 322 g/mol. The van der Waals surface area contributed by atoms with E-state index >= 15 is 0 Å². The van der Waals surface area contributed by atoms with Crippen LogP contribution in [0.3, 0.4) is 0 Å². The minimum Gasteiger partial charge on any atom is -0.381 e. The van der Waals surface area contributed by atoms with Gasteiger partial charge in [0.1, 0.15) is 0 Å². The number of aryl methyl sites for hydroxylation is 1. The monoisotopic (exact) mass is 349 g/mol. The van der Waals surface area contributed by atoms with Crippen molar-refractivity contribution >= 4 is 17.2 Å². The maximum Gasteiger partial charge on any atom is 0.223 e. The molecule has 1 aromatic heterocycles. The Labute approximate surface area is 148 Å². The Morgan fingerprint density at radius 3 is 2.96 bits per heavy atom. The minimum absolute atomic E-state index is 0.188. The molecule has 1 atom stereocenters. The molecule has 1 amide bonds. The maximum absolute atomic E-state index is 12.5. The zero-order valence-corrected chi connectivity index (χ0v) is 15.3. The van der Waals surface area contributed by atoms with Gasteiger partial charge in [0.25, 0.3) is 0 Å². The highest BCUT2D eigenvalue weighted by molar-refractivity contribution is 7.09. The molecule has 3 saturated heterocycles. The molecule has 1 aromatic rings. The van der Waals surface area contributed by atoms with Crippen molar-refractivity contribution in [3.63, 3.8) is 0 Å². The molecule has 3 aliphatic heterocycles. The number of hydrogen-bond donors (Lipinski definition) is 0. The van der Waals surface area contributed by atoms with Crippen molar-refractivity contribution < 1.29 is 9.53 Å². The van der Waals surface area contributed by atoms with Gasteiger partial charge in [-0.2, -0.15) is 0 Å². The fourth-order valence-corrected chi connectivity index (χ4v) is 5.16. The van der Waals surface area contributed by atoms with Crippen molar-refractivity contribution in [2.45, 2.75) is 39.2 Å². The number of amides is 1. The second kappa shape index (κ2) is 6.73. The molecule has 0 aliphatic carbocycles. The summed E-state index contributed by atoms with van der Waals surface area (Å²) in [5.74, 6) is 1.09. The number of aromatic nitrogens is 1. The summed E-state index contributed by atoms with van der Waals surface area (Å²) >= 11 is 1.67. The smallest absolute Gasteiger partial charge is 0.223 e. The lowest BCUT2D eigenvalue weighted by Crippen LogP contribution is -2.34. The van der Waals surface area contributed by atoms with Crippen LogP contribution < -0.4 is 0 Å². The van der Waals surface area contributed by atoms with E-state index in [2.05, 4.69) is 15.3 Å². The van der Waals surface area contributed by atoms with Crippen LogP contribution in [-0.2, 0) is 16.1 Å². The van der Waals surface area contributed by atoms with E-state index < -0.39 is 0 Å². The first-order chi connectivity index (χ1) is 11.6. The first-order valence-corrected chi connectivity index (χ1v) is 9.99. The highest BCUT2D eigenvalue weighted by atomic mass is 32.1. The molecule has 0 radical (unpaired) electrons. The third-order valence-corrected chi connectivity index (χ3v) is 6.62. The molecule has 0 unspecified atom stereocenters. The average molecular weight is 350 g/mol. The van der Waals surface area contributed by atoms with Crippen molar-refractivity contribution in [2.24, 2.45) is 11.3 Å². The zero-order valence-electron chi connectivity index (χ0n) is 14.5. The molecule has 3 aliphatic rings. The lowest BCUT2D eigenvalue weighted by molar-refractivity contribution is -0.128. The lowest BCUT2D eigenvalue weighted by Gasteiger charge is -2.28. The number of carbonyl (C=O) groups is 1. The van der Waals surface area contributed by atoms with Gasteiger partial charge in [-0.15, -0.1) is 11.3 Å². The Kier molecular flexibility index (Phi) is 4.62. The van der Waals surface area contributed by atoms with Crippen LogP contribution in [0.15, 0.2) is 5.38 Å². The van der Waals surface area contributed by atoms with Crippen molar-refractivity contribution in [2.75, 3.05) is 39.4 Å². The number of thiazole rings is 1. The number of likely N-dealkylation sites (tertiary alicyclic amines) is 2. The molecule has 24 heavy (non-hydrogen) atoms. The van der Waals surface area contributed by atoms with E-state index in [4.69, 9.17) is 4.74 Å². The number of nitrogens with zero attached hydrogens (tertiary/aromatic N) is 3. The Bertz CT molecular complexity index is 599. The molecule has 4 heterocycles. The van der Waals surface area contributed by atoms with Crippen LogP contribution >= 0.6 is 11.3 Å². The number of rotatable bonds is 4. The largest absolute Gasteiger partial charge is 0.381 e. The van der Waals surface area contributed by atoms with Crippen molar-refractivity contribution in [1.82, 2.24) is 14.8 Å². The normalized spacial score (nSPS) is 29.2. The van der Waals surface area contributed by atoms with Gasteiger partial charge in [0.05, 0.1) is 17.2 Å². The fourth-order valence-electron chi connectivity index (χ4n) is 4.55. The van der Waals surface area contributed by atoms with Gasteiger partial charge in [-0.05, 0) is 38.6 Å². The third-order valence-electron chi connectivity index (χ3n) is 5.80. The fraction of sp³-hybridized carbons (Fsp3) is 0.778. The van der Waals surface area contributed by atoms with Crippen LogP contribution in [0.2, 0.25) is 0 Å². The molecule has 6 heteroatoms. The van der Waals surface area contributed by atoms with Gasteiger partial charge in [-0.1, -0.05) is 0 Å². The van der Waals surface area contributed by atoms with Gasteiger partial charge < -0.3 is 14.5 Å². The summed E-state index contributed by atoms with van der Waals surface area (Å²) in [6.07, 6.45) is 4.27. The van der Waals surface area contributed by atoms with E-state index in [1.807, 2.05) is 11.8 Å². The van der Waals surface area contributed by atoms with E-state index in [1.165, 1.54) is 19.4 Å². The Balaban J connectivity index is 1.34. The maximum atomic E-state index is 12.5. The lowest BCUT2D eigenvalue weighted by atomic mass is 9.86. The molecule has 3 fully saturated rings. The molecule has 4 rings (SSSR count). The zero-order chi connectivity index (χ0) is 16.6. The summed E-state index contributed by atoms with van der Waals surface area (Å²) in [6.45, 7) is 8.87. The average Bonchev–Trinajstić information content (AvgIpc) is 3.22. The first kappa shape index (κ1) is 16.5. The van der Waals surface area contributed by atoms with E-state index in [0.29, 0.717) is 12.5 Å². The van der Waals surface area contributed by atoms with Crippen molar-refractivity contribution in [3.8, 4) is 0 Å². The van der Waals surface area contributed by atoms with Gasteiger partial charge in [0.15, 0.2) is 0 Å². The van der Waals surface area contributed by atoms with Gasteiger partial charge in [-0.25, -0.2) is 4.98 Å². The summed E-state index contributed by atoms with van der Waals surface area (Å²) in [5.41, 5.74) is 1.23. The van der Waals surface area contributed by atoms with E-state index in [-0.39, 0.29) is 5.41 Å². The number of ether oxygens (including phenoxy) is 1. The molecule has 1 spiro atoms. The second-order valence-electron chi connectivity index (χ2n) is 7.83. The topological polar surface area (TPSA) is 45.7 Å². The molecule has 0 saturated carbocycles. The summed E-state index contributed by atoms with van der Waals surface area (Å²) in [4.78, 5) is 21.7. The first-order valence-electron chi connectivity index (χ1n) is 9.11. The summed E-state index contributed by atoms with van der Waals surface area (Å²) in [5, 5.41) is 3.16. The second-order valence-corrected chi connectivity index (χ2v) is 8.89. The van der Waals surface area contributed by atoms with Crippen LogP contribution in [0.4, 0.5) is 0 Å². The van der Waals surface area contributed by atoms with E-state index in [1.54, 1.807) is 11.3 Å². The third kappa shape index (κ3) is 3.51. The Morgan fingerprint density at radius 2 is 2.21 bits per heavy atom. The Morgan fingerprint density at radius 1 is 1.38 bits per heavy atom. The van der Waals surface area contributed by atoms with Crippen LogP contribution in [0.1, 0.15) is 36.4 Å². The van der Waals surface area contributed by atoms with E-state index in [0.717, 1.165) is 62.3 Å². The molecule has 5 nitrogen and oxygen atoms in total. The standard InChI is InChI=1S/C18H27N3O2S/c1-14-19-16(11-24-14)10-21-13-18(8-17(21)22)4-5-20(12-18)9-15-2-6-23-7-3-15/h11,15H,2-10,12-13H2,1H3/t18-/m1/s1. The number of hydrogen-bond acceptors (Lipinski definition) is 5. The van der Waals surface area contributed by atoms with E-state index in [9.17, 15) is 4.79 Å². The molecule has 0 N–H and O–H groups in total. The quantitative estimate of drug-likeness (QED) is 0.837. The molecule has 0 bridgehead atoms. The predicted molar refractivity (Wildman–Crippen MR) is 93.9 cm³/mol. The van der Waals surface area contributed by atoms with Crippen molar-refractivity contribution in [3.05, 3.63) is 16.1 Å². The molecule has 132 valence electrons. The summed E-state index contributed by atoms with van der Waals surface area (Å²) in [7, 11) is 0.